The van der Waals surface area contributed by atoms with Gasteiger partial charge >= 0.3 is 11.8 Å². The fourth-order valence-corrected chi connectivity index (χ4v) is 2.80. The second-order valence-electron chi connectivity index (χ2n) is 5.72. The van der Waals surface area contributed by atoms with Gasteiger partial charge in [-0.2, -0.15) is 10.1 Å². The molecule has 0 radical (unpaired) electrons. The SMILES string of the molecule is CC(NC(=O)C(=O)Nc1ncn[nH]1)c1ccc2c(c1)CCCC2. The highest BCUT2D eigenvalue weighted by atomic mass is 16.2. The lowest BCUT2D eigenvalue weighted by atomic mass is 9.89. The van der Waals surface area contributed by atoms with Crippen molar-refractivity contribution < 1.29 is 9.59 Å². The number of anilines is 1. The lowest BCUT2D eigenvalue weighted by Crippen LogP contribution is -2.37. The number of aryl methyl sites for hydroxylation is 2. The molecule has 3 rings (SSSR count). The van der Waals surface area contributed by atoms with Crippen LogP contribution in [0.1, 0.15) is 42.5 Å². The molecule has 1 aromatic carbocycles. The molecule has 0 fully saturated rings. The number of hydrogen-bond acceptors (Lipinski definition) is 4. The van der Waals surface area contributed by atoms with Crippen LogP contribution in [0.25, 0.3) is 0 Å². The average molecular weight is 313 g/mol. The summed E-state index contributed by atoms with van der Waals surface area (Å²) in [5, 5.41) is 11.1. The maximum absolute atomic E-state index is 12.0. The van der Waals surface area contributed by atoms with Gasteiger partial charge in [0.1, 0.15) is 6.33 Å². The summed E-state index contributed by atoms with van der Waals surface area (Å²) in [6.07, 6.45) is 5.90. The van der Waals surface area contributed by atoms with Gasteiger partial charge in [-0.1, -0.05) is 18.2 Å². The van der Waals surface area contributed by atoms with Crippen molar-refractivity contribution in [3.05, 3.63) is 41.2 Å². The molecule has 7 nitrogen and oxygen atoms in total. The highest BCUT2D eigenvalue weighted by Gasteiger charge is 2.19. The third-order valence-corrected chi connectivity index (χ3v) is 4.07. The zero-order valence-corrected chi connectivity index (χ0v) is 12.9. The number of nitrogens with zero attached hydrogens (tertiary/aromatic N) is 2. The topological polar surface area (TPSA) is 99.8 Å². The molecule has 7 heteroatoms. The smallest absolute Gasteiger partial charge is 0.316 e. The van der Waals surface area contributed by atoms with E-state index in [-0.39, 0.29) is 12.0 Å². The van der Waals surface area contributed by atoms with Crippen LogP contribution in [0.3, 0.4) is 0 Å². The summed E-state index contributed by atoms with van der Waals surface area (Å²) in [7, 11) is 0. The largest absolute Gasteiger partial charge is 0.341 e. The number of fused-ring (bicyclic) bond motifs is 1. The molecule has 3 N–H and O–H groups in total. The van der Waals surface area contributed by atoms with E-state index in [9.17, 15) is 9.59 Å². The number of amides is 2. The molecule has 0 spiro atoms. The van der Waals surface area contributed by atoms with Gasteiger partial charge in [-0.05, 0) is 49.3 Å². The number of aromatic nitrogens is 3. The molecule has 1 heterocycles. The van der Waals surface area contributed by atoms with Crippen LogP contribution in [0.5, 0.6) is 0 Å². The number of aromatic amines is 1. The zero-order valence-electron chi connectivity index (χ0n) is 12.9. The van der Waals surface area contributed by atoms with E-state index < -0.39 is 11.8 Å². The Morgan fingerprint density at radius 2 is 1.96 bits per heavy atom. The number of H-pyrrole nitrogens is 1. The summed E-state index contributed by atoms with van der Waals surface area (Å²) < 4.78 is 0. The molecule has 1 aliphatic carbocycles. The Hall–Kier alpha value is -2.70. The first-order valence-corrected chi connectivity index (χ1v) is 7.72. The summed E-state index contributed by atoms with van der Waals surface area (Å²) in [4.78, 5) is 27.5. The first kappa shape index (κ1) is 15.2. The van der Waals surface area contributed by atoms with Gasteiger partial charge in [0.2, 0.25) is 5.95 Å². The van der Waals surface area contributed by atoms with Gasteiger partial charge < -0.3 is 5.32 Å². The maximum Gasteiger partial charge on any atom is 0.316 e. The minimum atomic E-state index is -0.772. The van der Waals surface area contributed by atoms with Gasteiger partial charge in [0.25, 0.3) is 0 Å². The lowest BCUT2D eigenvalue weighted by molar-refractivity contribution is -0.136. The summed E-state index contributed by atoms with van der Waals surface area (Å²) >= 11 is 0. The molecule has 0 aliphatic heterocycles. The number of nitrogens with one attached hydrogen (secondary N) is 3. The van der Waals surface area contributed by atoms with E-state index in [1.54, 1.807) is 0 Å². The number of benzene rings is 1. The van der Waals surface area contributed by atoms with Crippen LogP contribution in [0.15, 0.2) is 24.5 Å². The highest BCUT2D eigenvalue weighted by Crippen LogP contribution is 2.24. The van der Waals surface area contributed by atoms with E-state index in [2.05, 4.69) is 37.9 Å². The molecule has 0 bridgehead atoms. The van der Waals surface area contributed by atoms with Crippen molar-refractivity contribution in [2.45, 2.75) is 38.6 Å². The van der Waals surface area contributed by atoms with Crippen molar-refractivity contribution in [3.63, 3.8) is 0 Å². The van der Waals surface area contributed by atoms with Gasteiger partial charge in [0, 0.05) is 0 Å². The lowest BCUT2D eigenvalue weighted by Gasteiger charge is -2.19. The second kappa shape index (κ2) is 6.60. The van der Waals surface area contributed by atoms with Gasteiger partial charge in [-0.15, -0.1) is 0 Å². The van der Waals surface area contributed by atoms with E-state index in [1.807, 2.05) is 13.0 Å². The third kappa shape index (κ3) is 3.56. The normalized spacial score (nSPS) is 14.7. The fourth-order valence-electron chi connectivity index (χ4n) is 2.80. The van der Waals surface area contributed by atoms with Crippen molar-refractivity contribution in [3.8, 4) is 0 Å². The van der Waals surface area contributed by atoms with Gasteiger partial charge in [0.05, 0.1) is 6.04 Å². The molecule has 23 heavy (non-hydrogen) atoms. The third-order valence-electron chi connectivity index (χ3n) is 4.07. The van der Waals surface area contributed by atoms with Crippen LogP contribution in [0, 0.1) is 0 Å². The van der Waals surface area contributed by atoms with Crippen molar-refractivity contribution >= 4 is 17.8 Å². The van der Waals surface area contributed by atoms with E-state index in [4.69, 9.17) is 0 Å². The van der Waals surface area contributed by atoms with Crippen LogP contribution in [-0.2, 0) is 22.4 Å². The molecule has 1 unspecified atom stereocenters. The molecular weight excluding hydrogens is 294 g/mol. The Morgan fingerprint density at radius 1 is 1.17 bits per heavy atom. The number of hydrogen-bond donors (Lipinski definition) is 3. The summed E-state index contributed by atoms with van der Waals surface area (Å²) in [6, 6.07) is 6.04. The molecule has 1 aliphatic rings. The van der Waals surface area contributed by atoms with Crippen LogP contribution < -0.4 is 10.6 Å². The van der Waals surface area contributed by atoms with Crippen molar-refractivity contribution in [1.82, 2.24) is 20.5 Å². The number of carbonyl (C=O) groups is 2. The first-order chi connectivity index (χ1) is 11.1. The second-order valence-corrected chi connectivity index (χ2v) is 5.72. The van der Waals surface area contributed by atoms with Gasteiger partial charge in [-0.3, -0.25) is 14.9 Å². The Labute approximate surface area is 133 Å². The molecular formula is C16H19N5O2. The minimum Gasteiger partial charge on any atom is -0.341 e. The predicted molar refractivity (Wildman–Crippen MR) is 84.7 cm³/mol. The fraction of sp³-hybridized carbons (Fsp3) is 0.375. The molecule has 1 aromatic heterocycles. The molecule has 2 aromatic rings. The maximum atomic E-state index is 12.0. The molecule has 0 saturated carbocycles. The van der Waals surface area contributed by atoms with Crippen LogP contribution in [0.2, 0.25) is 0 Å². The van der Waals surface area contributed by atoms with Gasteiger partial charge in [0.15, 0.2) is 0 Å². The summed E-state index contributed by atoms with van der Waals surface area (Å²) in [5.74, 6) is -1.33. The van der Waals surface area contributed by atoms with Crippen LogP contribution >= 0.6 is 0 Å². The van der Waals surface area contributed by atoms with E-state index in [0.29, 0.717) is 0 Å². The van der Waals surface area contributed by atoms with Crippen molar-refractivity contribution in [1.29, 1.82) is 0 Å². The summed E-state index contributed by atoms with van der Waals surface area (Å²) in [5.41, 5.74) is 3.74. The average Bonchev–Trinajstić information content (AvgIpc) is 3.07. The number of rotatable bonds is 3. The molecule has 2 amide bonds. The van der Waals surface area contributed by atoms with Crippen molar-refractivity contribution in [2.24, 2.45) is 0 Å². The summed E-state index contributed by atoms with van der Waals surface area (Å²) in [6.45, 7) is 1.87. The van der Waals surface area contributed by atoms with Crippen LogP contribution in [0.4, 0.5) is 5.95 Å². The Bertz CT molecular complexity index is 711. The van der Waals surface area contributed by atoms with E-state index >= 15 is 0 Å². The Kier molecular flexibility index (Phi) is 4.36. The van der Waals surface area contributed by atoms with Gasteiger partial charge in [-0.25, -0.2) is 5.10 Å². The molecule has 120 valence electrons. The standard InChI is InChI=1S/C16H19N5O2/c1-10(12-7-6-11-4-2-3-5-13(11)8-12)19-14(22)15(23)20-16-17-9-18-21-16/h6-10H,2-5H2,1H3,(H,19,22)(H2,17,18,20,21,23). The zero-order chi connectivity index (χ0) is 16.2. The van der Waals surface area contributed by atoms with E-state index in [0.717, 1.165) is 18.4 Å². The first-order valence-electron chi connectivity index (χ1n) is 7.72. The quantitative estimate of drug-likeness (QED) is 0.748. The molecule has 1 atom stereocenters. The highest BCUT2D eigenvalue weighted by molar-refractivity contribution is 6.39. The predicted octanol–water partition coefficient (Wildman–Crippen LogP) is 1.50. The van der Waals surface area contributed by atoms with E-state index in [1.165, 1.54) is 30.3 Å². The molecule has 0 saturated heterocycles. The Morgan fingerprint density at radius 3 is 2.70 bits per heavy atom. The monoisotopic (exact) mass is 313 g/mol. The van der Waals surface area contributed by atoms with Crippen LogP contribution in [-0.4, -0.2) is 27.0 Å². The minimum absolute atomic E-state index is 0.145. The number of carbonyl (C=O) groups excluding carboxylic acids is 2. The Balaban J connectivity index is 1.63. The van der Waals surface area contributed by atoms with Crippen molar-refractivity contribution in [2.75, 3.05) is 5.32 Å².